The Labute approximate surface area is 126 Å². The smallest absolute Gasteiger partial charge is 0.123 e. The summed E-state index contributed by atoms with van der Waals surface area (Å²) in [7, 11) is 0. The second kappa shape index (κ2) is 7.79. The fourth-order valence-corrected chi connectivity index (χ4v) is 2.28. The fraction of sp³-hybridized carbons (Fsp3) is 0.333. The molecule has 0 aliphatic carbocycles. The van der Waals surface area contributed by atoms with Gasteiger partial charge in [0, 0.05) is 18.2 Å². The molecule has 0 aromatic heterocycles. The third-order valence-corrected chi connectivity index (χ3v) is 3.37. The van der Waals surface area contributed by atoms with Crippen LogP contribution >= 0.6 is 0 Å². The summed E-state index contributed by atoms with van der Waals surface area (Å²) in [6.07, 6.45) is 0.872. The van der Waals surface area contributed by atoms with Gasteiger partial charge in [0.25, 0.3) is 0 Å². The molecule has 2 aromatic rings. The highest BCUT2D eigenvalue weighted by atomic mass is 19.1. The first-order chi connectivity index (χ1) is 10.2. The number of benzene rings is 2. The van der Waals surface area contributed by atoms with Crippen LogP contribution in [0, 0.1) is 5.82 Å². The normalized spacial score (nSPS) is 12.1. The van der Waals surface area contributed by atoms with Crippen LogP contribution in [-0.2, 0) is 13.0 Å². The molecule has 0 heterocycles. The zero-order valence-electron chi connectivity index (χ0n) is 12.6. The largest absolute Gasteiger partial charge is 0.494 e. The number of nitrogens with one attached hydrogen (secondary N) is 1. The minimum absolute atomic E-state index is 0.190. The molecule has 2 rings (SSSR count). The van der Waals surface area contributed by atoms with Crippen molar-refractivity contribution in [3.8, 4) is 5.75 Å². The molecule has 3 heteroatoms. The molecule has 112 valence electrons. The topological polar surface area (TPSA) is 21.3 Å². The van der Waals surface area contributed by atoms with Crippen molar-refractivity contribution in [2.24, 2.45) is 0 Å². The minimum Gasteiger partial charge on any atom is -0.494 e. The van der Waals surface area contributed by atoms with Gasteiger partial charge in [-0.2, -0.15) is 0 Å². The number of halogens is 1. The van der Waals surface area contributed by atoms with Gasteiger partial charge < -0.3 is 10.1 Å². The molecule has 0 saturated heterocycles. The minimum atomic E-state index is -0.190. The van der Waals surface area contributed by atoms with Crippen molar-refractivity contribution in [1.82, 2.24) is 5.32 Å². The molecule has 0 fully saturated rings. The van der Waals surface area contributed by atoms with Crippen LogP contribution in [0.15, 0.2) is 48.5 Å². The van der Waals surface area contributed by atoms with Gasteiger partial charge >= 0.3 is 0 Å². The Morgan fingerprint density at radius 1 is 1.10 bits per heavy atom. The Bertz CT molecular complexity index is 553. The molecule has 1 unspecified atom stereocenters. The third-order valence-electron chi connectivity index (χ3n) is 3.37. The summed E-state index contributed by atoms with van der Waals surface area (Å²) in [5.74, 6) is 0.742. The Balaban J connectivity index is 1.89. The molecule has 2 aromatic carbocycles. The second-order valence-corrected chi connectivity index (χ2v) is 5.15. The molecule has 1 atom stereocenters. The maximum atomic E-state index is 12.9. The quantitative estimate of drug-likeness (QED) is 0.832. The molecule has 0 bridgehead atoms. The Kier molecular flexibility index (Phi) is 5.76. The molecule has 21 heavy (non-hydrogen) atoms. The van der Waals surface area contributed by atoms with Crippen molar-refractivity contribution < 1.29 is 9.13 Å². The lowest BCUT2D eigenvalue weighted by atomic mass is 10.1. The van der Waals surface area contributed by atoms with Crippen molar-refractivity contribution in [3.05, 3.63) is 65.5 Å². The SMILES string of the molecule is CCOc1ccccc1CNC(C)Cc1ccc(F)cc1. The number of hydrogen-bond acceptors (Lipinski definition) is 2. The average Bonchev–Trinajstić information content (AvgIpc) is 2.49. The van der Waals surface area contributed by atoms with E-state index in [0.29, 0.717) is 12.6 Å². The molecule has 0 saturated carbocycles. The van der Waals surface area contributed by atoms with Gasteiger partial charge in [0.1, 0.15) is 11.6 Å². The van der Waals surface area contributed by atoms with Crippen LogP contribution < -0.4 is 10.1 Å². The van der Waals surface area contributed by atoms with Crippen LogP contribution in [-0.4, -0.2) is 12.6 Å². The highest BCUT2D eigenvalue weighted by Crippen LogP contribution is 2.18. The molecule has 0 spiro atoms. The van der Waals surface area contributed by atoms with E-state index in [0.717, 1.165) is 29.8 Å². The lowest BCUT2D eigenvalue weighted by Crippen LogP contribution is -2.27. The standard InChI is InChI=1S/C18H22FNO/c1-3-21-18-7-5-4-6-16(18)13-20-14(2)12-15-8-10-17(19)11-9-15/h4-11,14,20H,3,12-13H2,1-2H3. The predicted octanol–water partition coefficient (Wildman–Crippen LogP) is 3.95. The van der Waals surface area contributed by atoms with Crippen molar-refractivity contribution in [2.75, 3.05) is 6.61 Å². The van der Waals surface area contributed by atoms with Crippen molar-refractivity contribution in [2.45, 2.75) is 32.9 Å². The zero-order valence-corrected chi connectivity index (χ0v) is 12.6. The Morgan fingerprint density at radius 3 is 2.52 bits per heavy atom. The summed E-state index contributed by atoms with van der Waals surface area (Å²) in [6.45, 7) is 5.55. The Morgan fingerprint density at radius 2 is 1.81 bits per heavy atom. The molecule has 0 radical (unpaired) electrons. The van der Waals surface area contributed by atoms with Gasteiger partial charge in [-0.3, -0.25) is 0 Å². The van der Waals surface area contributed by atoms with Crippen molar-refractivity contribution in [3.63, 3.8) is 0 Å². The molecular formula is C18H22FNO. The van der Waals surface area contributed by atoms with Crippen molar-refractivity contribution >= 4 is 0 Å². The summed E-state index contributed by atoms with van der Waals surface area (Å²) in [6, 6.07) is 15.1. The van der Waals surface area contributed by atoms with E-state index < -0.39 is 0 Å². The van der Waals surface area contributed by atoms with E-state index in [1.165, 1.54) is 12.1 Å². The van der Waals surface area contributed by atoms with Gasteiger partial charge in [-0.15, -0.1) is 0 Å². The summed E-state index contributed by atoms with van der Waals surface area (Å²) < 4.78 is 18.5. The second-order valence-electron chi connectivity index (χ2n) is 5.15. The predicted molar refractivity (Wildman–Crippen MR) is 84.0 cm³/mol. The maximum Gasteiger partial charge on any atom is 0.123 e. The first-order valence-corrected chi connectivity index (χ1v) is 7.37. The lowest BCUT2D eigenvalue weighted by Gasteiger charge is -2.16. The van der Waals surface area contributed by atoms with Crippen molar-refractivity contribution in [1.29, 1.82) is 0 Å². The van der Waals surface area contributed by atoms with Gasteiger partial charge in [0.05, 0.1) is 6.61 Å². The summed E-state index contributed by atoms with van der Waals surface area (Å²) >= 11 is 0. The monoisotopic (exact) mass is 287 g/mol. The van der Waals surface area contributed by atoms with Gasteiger partial charge in [0.2, 0.25) is 0 Å². The van der Waals surface area contributed by atoms with Crippen LogP contribution in [0.4, 0.5) is 4.39 Å². The molecule has 1 N–H and O–H groups in total. The molecule has 0 amide bonds. The average molecular weight is 287 g/mol. The van der Waals surface area contributed by atoms with Crippen LogP contribution in [0.3, 0.4) is 0 Å². The van der Waals surface area contributed by atoms with E-state index in [1.54, 1.807) is 0 Å². The van der Waals surface area contributed by atoms with Crippen LogP contribution in [0.1, 0.15) is 25.0 Å². The van der Waals surface area contributed by atoms with Gasteiger partial charge in [-0.25, -0.2) is 4.39 Å². The molecule has 2 nitrogen and oxygen atoms in total. The first kappa shape index (κ1) is 15.5. The molecule has 0 aliphatic rings. The maximum absolute atomic E-state index is 12.9. The van der Waals surface area contributed by atoms with Gasteiger partial charge in [-0.1, -0.05) is 30.3 Å². The van der Waals surface area contributed by atoms with Crippen LogP contribution in [0.5, 0.6) is 5.75 Å². The van der Waals surface area contributed by atoms with Gasteiger partial charge in [-0.05, 0) is 44.0 Å². The lowest BCUT2D eigenvalue weighted by molar-refractivity contribution is 0.334. The Hall–Kier alpha value is -1.87. The third kappa shape index (κ3) is 4.87. The highest BCUT2D eigenvalue weighted by molar-refractivity contribution is 5.33. The van der Waals surface area contributed by atoms with E-state index >= 15 is 0 Å². The van der Waals surface area contributed by atoms with E-state index in [-0.39, 0.29) is 5.82 Å². The number of rotatable bonds is 7. The van der Waals surface area contributed by atoms with Gasteiger partial charge in [0.15, 0.2) is 0 Å². The number of para-hydroxylation sites is 1. The van der Waals surface area contributed by atoms with E-state index in [9.17, 15) is 4.39 Å². The van der Waals surface area contributed by atoms with E-state index in [1.807, 2.05) is 37.3 Å². The molecular weight excluding hydrogens is 265 g/mol. The summed E-state index contributed by atoms with van der Waals surface area (Å²) in [4.78, 5) is 0. The fourth-order valence-electron chi connectivity index (χ4n) is 2.28. The number of hydrogen-bond donors (Lipinski definition) is 1. The van der Waals surface area contributed by atoms with Crippen LogP contribution in [0.2, 0.25) is 0 Å². The van der Waals surface area contributed by atoms with E-state index in [4.69, 9.17) is 4.74 Å². The van der Waals surface area contributed by atoms with E-state index in [2.05, 4.69) is 18.3 Å². The summed E-state index contributed by atoms with van der Waals surface area (Å²) in [5.41, 5.74) is 2.29. The first-order valence-electron chi connectivity index (χ1n) is 7.37. The zero-order chi connectivity index (χ0) is 15.1. The van der Waals surface area contributed by atoms with Crippen LogP contribution in [0.25, 0.3) is 0 Å². The summed E-state index contributed by atoms with van der Waals surface area (Å²) in [5, 5.41) is 3.49. The highest BCUT2D eigenvalue weighted by Gasteiger charge is 2.06. The molecule has 0 aliphatic heterocycles. The number of ether oxygens (including phenoxy) is 1.